The first-order chi connectivity index (χ1) is 11.2. The number of aryl methyl sites for hydroxylation is 1. The SMILES string of the molecule is CN=C(NCc1cc(C)no1)NC1CCN(c2ccccc2)C1. The molecule has 122 valence electrons. The summed E-state index contributed by atoms with van der Waals surface area (Å²) in [4.78, 5) is 6.68. The lowest BCUT2D eigenvalue weighted by molar-refractivity contribution is 0.376. The number of nitrogens with zero attached hydrogens (tertiary/aromatic N) is 3. The van der Waals surface area contributed by atoms with Crippen LogP contribution in [-0.2, 0) is 6.54 Å². The largest absolute Gasteiger partial charge is 0.369 e. The topological polar surface area (TPSA) is 65.7 Å². The minimum atomic E-state index is 0.387. The first-order valence-electron chi connectivity index (χ1n) is 7.94. The second-order valence-electron chi connectivity index (χ2n) is 5.77. The summed E-state index contributed by atoms with van der Waals surface area (Å²) in [6, 6.07) is 12.8. The highest BCUT2D eigenvalue weighted by molar-refractivity contribution is 5.80. The van der Waals surface area contributed by atoms with E-state index in [1.165, 1.54) is 5.69 Å². The molecule has 1 aliphatic rings. The van der Waals surface area contributed by atoms with Crippen LogP contribution in [-0.4, -0.2) is 37.3 Å². The highest BCUT2D eigenvalue weighted by Crippen LogP contribution is 2.19. The quantitative estimate of drug-likeness (QED) is 0.667. The molecule has 6 nitrogen and oxygen atoms in total. The van der Waals surface area contributed by atoms with Crippen molar-refractivity contribution in [2.45, 2.75) is 25.9 Å². The molecule has 1 fully saturated rings. The Labute approximate surface area is 136 Å². The van der Waals surface area contributed by atoms with Gasteiger partial charge in [0.1, 0.15) is 0 Å². The summed E-state index contributed by atoms with van der Waals surface area (Å²) in [6.07, 6.45) is 1.09. The fourth-order valence-electron chi connectivity index (χ4n) is 2.81. The van der Waals surface area contributed by atoms with Crippen LogP contribution in [0.3, 0.4) is 0 Å². The van der Waals surface area contributed by atoms with E-state index in [0.29, 0.717) is 12.6 Å². The Morgan fingerprint density at radius 3 is 2.91 bits per heavy atom. The highest BCUT2D eigenvalue weighted by atomic mass is 16.5. The molecule has 0 radical (unpaired) electrons. The minimum Gasteiger partial charge on any atom is -0.369 e. The number of benzene rings is 1. The summed E-state index contributed by atoms with van der Waals surface area (Å²) in [7, 11) is 1.78. The van der Waals surface area contributed by atoms with Crippen LogP contribution in [0.1, 0.15) is 17.9 Å². The predicted molar refractivity (Wildman–Crippen MR) is 91.6 cm³/mol. The lowest BCUT2D eigenvalue weighted by Crippen LogP contribution is -2.44. The van der Waals surface area contributed by atoms with Gasteiger partial charge in [0, 0.05) is 37.9 Å². The van der Waals surface area contributed by atoms with Crippen molar-refractivity contribution in [3.63, 3.8) is 0 Å². The van der Waals surface area contributed by atoms with E-state index in [1.807, 2.05) is 19.1 Å². The van der Waals surface area contributed by atoms with Gasteiger partial charge in [0.2, 0.25) is 0 Å². The maximum atomic E-state index is 5.20. The molecule has 2 heterocycles. The van der Waals surface area contributed by atoms with E-state index < -0.39 is 0 Å². The molecule has 0 aliphatic carbocycles. The van der Waals surface area contributed by atoms with Gasteiger partial charge < -0.3 is 20.1 Å². The third-order valence-electron chi connectivity index (χ3n) is 3.98. The van der Waals surface area contributed by atoms with Crippen molar-refractivity contribution in [2.75, 3.05) is 25.0 Å². The molecule has 0 amide bonds. The first-order valence-corrected chi connectivity index (χ1v) is 7.94. The smallest absolute Gasteiger partial charge is 0.191 e. The zero-order chi connectivity index (χ0) is 16.1. The van der Waals surface area contributed by atoms with Gasteiger partial charge in [-0.15, -0.1) is 0 Å². The maximum absolute atomic E-state index is 5.20. The zero-order valence-electron chi connectivity index (χ0n) is 13.6. The number of guanidine groups is 1. The molecule has 0 saturated carbocycles. The molecule has 0 spiro atoms. The van der Waals surface area contributed by atoms with Gasteiger partial charge in [0.05, 0.1) is 12.2 Å². The highest BCUT2D eigenvalue weighted by Gasteiger charge is 2.23. The van der Waals surface area contributed by atoms with Crippen LogP contribution in [0, 0.1) is 6.92 Å². The van der Waals surface area contributed by atoms with Crippen LogP contribution in [0.2, 0.25) is 0 Å². The summed E-state index contributed by atoms with van der Waals surface area (Å²) in [5, 5.41) is 10.6. The van der Waals surface area contributed by atoms with Gasteiger partial charge in [-0.05, 0) is 25.5 Å². The lowest BCUT2D eigenvalue weighted by Gasteiger charge is -2.20. The normalized spacial score (nSPS) is 18.3. The number of hydrogen-bond donors (Lipinski definition) is 2. The summed E-state index contributed by atoms with van der Waals surface area (Å²) in [6.45, 7) is 4.53. The van der Waals surface area contributed by atoms with Crippen LogP contribution < -0.4 is 15.5 Å². The monoisotopic (exact) mass is 313 g/mol. The van der Waals surface area contributed by atoms with E-state index in [0.717, 1.165) is 36.9 Å². The Bertz CT molecular complexity index is 652. The number of rotatable bonds is 4. The lowest BCUT2D eigenvalue weighted by atomic mass is 10.3. The second-order valence-corrected chi connectivity index (χ2v) is 5.77. The van der Waals surface area contributed by atoms with Gasteiger partial charge >= 0.3 is 0 Å². The van der Waals surface area contributed by atoms with Crippen molar-refractivity contribution < 1.29 is 4.52 Å². The minimum absolute atomic E-state index is 0.387. The van der Waals surface area contributed by atoms with Crippen molar-refractivity contribution in [2.24, 2.45) is 4.99 Å². The molecule has 1 atom stereocenters. The number of hydrogen-bond acceptors (Lipinski definition) is 4. The van der Waals surface area contributed by atoms with Gasteiger partial charge in [-0.3, -0.25) is 4.99 Å². The molecule has 1 aliphatic heterocycles. The van der Waals surface area contributed by atoms with Crippen LogP contribution in [0.5, 0.6) is 0 Å². The molecule has 23 heavy (non-hydrogen) atoms. The van der Waals surface area contributed by atoms with Crippen molar-refractivity contribution in [3.05, 3.63) is 47.9 Å². The van der Waals surface area contributed by atoms with E-state index in [2.05, 4.69) is 49.9 Å². The van der Waals surface area contributed by atoms with Crippen LogP contribution in [0.4, 0.5) is 5.69 Å². The number of aromatic nitrogens is 1. The van der Waals surface area contributed by atoms with E-state index in [9.17, 15) is 0 Å². The van der Waals surface area contributed by atoms with Crippen molar-refractivity contribution in [1.29, 1.82) is 0 Å². The summed E-state index contributed by atoms with van der Waals surface area (Å²) < 4.78 is 5.20. The molecule has 1 unspecified atom stereocenters. The molecule has 0 bridgehead atoms. The van der Waals surface area contributed by atoms with Gasteiger partial charge in [-0.25, -0.2) is 0 Å². The molecule has 2 N–H and O–H groups in total. The third kappa shape index (κ3) is 4.03. The van der Waals surface area contributed by atoms with E-state index in [4.69, 9.17) is 4.52 Å². The standard InChI is InChI=1S/C17H23N5O/c1-13-10-16(23-21-13)11-19-17(18-2)20-14-8-9-22(12-14)15-6-4-3-5-7-15/h3-7,10,14H,8-9,11-12H2,1-2H3,(H2,18,19,20). The Balaban J connectivity index is 1.50. The van der Waals surface area contributed by atoms with Crippen molar-refractivity contribution in [3.8, 4) is 0 Å². The number of nitrogens with one attached hydrogen (secondary N) is 2. The summed E-state index contributed by atoms with van der Waals surface area (Å²) in [5.74, 6) is 1.60. The van der Waals surface area contributed by atoms with Crippen LogP contribution in [0.15, 0.2) is 45.9 Å². The number of aliphatic imine (C=N–C) groups is 1. The van der Waals surface area contributed by atoms with Crippen molar-refractivity contribution in [1.82, 2.24) is 15.8 Å². The number of anilines is 1. The van der Waals surface area contributed by atoms with Gasteiger partial charge in [0.25, 0.3) is 0 Å². The fraction of sp³-hybridized carbons (Fsp3) is 0.412. The zero-order valence-corrected chi connectivity index (χ0v) is 13.6. The summed E-state index contributed by atoms with van der Waals surface area (Å²) >= 11 is 0. The second kappa shape index (κ2) is 7.17. The predicted octanol–water partition coefficient (Wildman–Crippen LogP) is 1.93. The van der Waals surface area contributed by atoms with E-state index in [-0.39, 0.29) is 0 Å². The first kappa shape index (κ1) is 15.4. The molecule has 1 aromatic carbocycles. The van der Waals surface area contributed by atoms with E-state index in [1.54, 1.807) is 7.05 Å². The molecule has 1 aromatic heterocycles. The third-order valence-corrected chi connectivity index (χ3v) is 3.98. The maximum Gasteiger partial charge on any atom is 0.191 e. The molecule has 1 saturated heterocycles. The van der Waals surface area contributed by atoms with Crippen LogP contribution in [0.25, 0.3) is 0 Å². The average molecular weight is 313 g/mol. The molecule has 6 heteroatoms. The van der Waals surface area contributed by atoms with Crippen molar-refractivity contribution >= 4 is 11.6 Å². The number of para-hydroxylation sites is 1. The Morgan fingerprint density at radius 2 is 2.22 bits per heavy atom. The average Bonchev–Trinajstić information content (AvgIpc) is 3.21. The molecular weight excluding hydrogens is 290 g/mol. The Kier molecular flexibility index (Phi) is 4.80. The van der Waals surface area contributed by atoms with Gasteiger partial charge in [-0.1, -0.05) is 23.4 Å². The van der Waals surface area contributed by atoms with Gasteiger partial charge in [-0.2, -0.15) is 0 Å². The van der Waals surface area contributed by atoms with Crippen LogP contribution >= 0.6 is 0 Å². The van der Waals surface area contributed by atoms with Gasteiger partial charge in [0.15, 0.2) is 11.7 Å². The molecule has 3 rings (SSSR count). The Hall–Kier alpha value is -2.50. The molecular formula is C17H23N5O. The Morgan fingerprint density at radius 1 is 1.39 bits per heavy atom. The summed E-state index contributed by atoms with van der Waals surface area (Å²) in [5.41, 5.74) is 2.16. The molecule has 2 aromatic rings. The fourth-order valence-corrected chi connectivity index (χ4v) is 2.81. The van der Waals surface area contributed by atoms with E-state index >= 15 is 0 Å².